The van der Waals surface area contributed by atoms with Crippen molar-refractivity contribution in [2.24, 2.45) is 0 Å². The minimum Gasteiger partial charge on any atom is -0.485 e. The van der Waals surface area contributed by atoms with Gasteiger partial charge in [-0.05, 0) is 24.6 Å². The molecule has 1 aromatic heterocycles. The molecule has 2 N–H and O–H groups in total. The lowest BCUT2D eigenvalue weighted by Gasteiger charge is -2.10. The zero-order valence-electron chi connectivity index (χ0n) is 15.9. The van der Waals surface area contributed by atoms with E-state index in [0.29, 0.717) is 42.5 Å². The Morgan fingerprint density at radius 3 is 2.33 bits per heavy atom. The van der Waals surface area contributed by atoms with Crippen molar-refractivity contribution < 1.29 is 28.5 Å². The second-order valence-electron chi connectivity index (χ2n) is 5.85. The zero-order valence-corrected chi connectivity index (χ0v) is 15.9. The molecule has 0 saturated heterocycles. The fourth-order valence-electron chi connectivity index (χ4n) is 2.47. The number of hydrogen-bond acceptors (Lipinski definition) is 6. The van der Waals surface area contributed by atoms with Crippen molar-refractivity contribution in [1.82, 2.24) is 10.3 Å². The van der Waals surface area contributed by atoms with E-state index in [4.69, 9.17) is 18.9 Å². The van der Waals surface area contributed by atoms with Crippen molar-refractivity contribution >= 4 is 17.8 Å². The Balaban J connectivity index is 2.23. The molecule has 0 bridgehead atoms. The number of aromatic amines is 1. The average molecular weight is 378 g/mol. The van der Waals surface area contributed by atoms with Crippen molar-refractivity contribution in [3.8, 4) is 0 Å². The smallest absolute Gasteiger partial charge is 0.294 e. The van der Waals surface area contributed by atoms with Gasteiger partial charge in [0.15, 0.2) is 11.5 Å². The Labute approximate surface area is 158 Å². The summed E-state index contributed by atoms with van der Waals surface area (Å²) in [5.74, 6) is 0.0688. The maximum absolute atomic E-state index is 12.3. The lowest BCUT2D eigenvalue weighted by atomic mass is 10.2. The van der Waals surface area contributed by atoms with Crippen LogP contribution in [0.1, 0.15) is 35.9 Å². The molecule has 0 saturated carbocycles. The molecule has 0 fully saturated rings. The van der Waals surface area contributed by atoms with Gasteiger partial charge in [-0.15, -0.1) is 0 Å². The van der Waals surface area contributed by atoms with Gasteiger partial charge in [-0.25, -0.2) is 0 Å². The summed E-state index contributed by atoms with van der Waals surface area (Å²) in [6, 6.07) is 3.50. The summed E-state index contributed by atoms with van der Waals surface area (Å²) in [5.41, 5.74) is 1.67. The molecule has 0 unspecified atom stereocenters. The van der Waals surface area contributed by atoms with E-state index >= 15 is 0 Å². The summed E-state index contributed by atoms with van der Waals surface area (Å²) in [7, 11) is 3.12. The third-order valence-corrected chi connectivity index (χ3v) is 3.76. The molecule has 8 nitrogen and oxygen atoms in total. The first-order chi connectivity index (χ1) is 13.1. The number of Topliss-reactive ketones (excluding diaryl/α,β-unsaturated/α-hetero) is 1. The minimum absolute atomic E-state index is 0.0494. The molecule has 1 aromatic rings. The van der Waals surface area contributed by atoms with Gasteiger partial charge in [0.2, 0.25) is 5.76 Å². The van der Waals surface area contributed by atoms with Crippen molar-refractivity contribution in [2.75, 3.05) is 40.6 Å². The van der Waals surface area contributed by atoms with Gasteiger partial charge < -0.3 is 29.2 Å². The number of methoxy groups -OCH3 is 2. The number of amides is 1. The van der Waals surface area contributed by atoms with Crippen LogP contribution in [0.2, 0.25) is 0 Å². The molecule has 0 atom stereocenters. The predicted octanol–water partition coefficient (Wildman–Crippen LogP) is 2.01. The number of rotatable bonds is 12. The first-order valence-corrected chi connectivity index (χ1v) is 8.84. The number of carbonyl (C=O) groups excluding carboxylic acids is 2. The largest absolute Gasteiger partial charge is 0.485 e. The molecule has 2 rings (SSSR count). The van der Waals surface area contributed by atoms with Crippen LogP contribution in [0.5, 0.6) is 0 Å². The van der Waals surface area contributed by atoms with Crippen LogP contribution in [0.15, 0.2) is 29.3 Å². The van der Waals surface area contributed by atoms with Crippen molar-refractivity contribution in [3.05, 3.63) is 40.7 Å². The van der Waals surface area contributed by atoms with E-state index in [-0.39, 0.29) is 24.8 Å². The van der Waals surface area contributed by atoms with Crippen LogP contribution in [0.3, 0.4) is 0 Å². The molecular weight excluding hydrogens is 352 g/mol. The molecule has 0 spiro atoms. The van der Waals surface area contributed by atoms with Crippen molar-refractivity contribution in [1.29, 1.82) is 0 Å². The molecule has 0 aromatic carbocycles. The Morgan fingerprint density at radius 1 is 1.04 bits per heavy atom. The number of nitrogens with one attached hydrogen (secondary N) is 2. The fraction of sp³-hybridized carbons (Fsp3) is 0.474. The molecule has 148 valence electrons. The second kappa shape index (κ2) is 10.5. The number of carbonyl (C=O) groups is 2. The van der Waals surface area contributed by atoms with Crippen LogP contribution in [-0.4, -0.2) is 57.3 Å². The summed E-state index contributed by atoms with van der Waals surface area (Å²) >= 11 is 0. The van der Waals surface area contributed by atoms with E-state index in [9.17, 15) is 9.59 Å². The molecule has 1 aliphatic rings. The quantitative estimate of drug-likeness (QED) is 0.426. The Hall–Kier alpha value is -2.58. The van der Waals surface area contributed by atoms with Crippen molar-refractivity contribution in [3.63, 3.8) is 0 Å². The first-order valence-electron chi connectivity index (χ1n) is 8.84. The molecule has 1 amide bonds. The van der Waals surface area contributed by atoms with Crippen LogP contribution in [0, 0.1) is 0 Å². The number of H-pyrrole nitrogens is 1. The van der Waals surface area contributed by atoms with Gasteiger partial charge in [0, 0.05) is 26.3 Å². The highest BCUT2D eigenvalue weighted by Crippen LogP contribution is 2.25. The Bertz CT molecular complexity index is 720. The van der Waals surface area contributed by atoms with E-state index in [1.807, 2.05) is 6.92 Å². The summed E-state index contributed by atoms with van der Waals surface area (Å²) in [4.78, 5) is 27.3. The number of aromatic nitrogens is 1. The molecule has 1 aliphatic heterocycles. The molecule has 27 heavy (non-hydrogen) atoms. The van der Waals surface area contributed by atoms with Gasteiger partial charge >= 0.3 is 0 Å². The maximum Gasteiger partial charge on any atom is 0.294 e. The fourth-order valence-corrected chi connectivity index (χ4v) is 2.47. The standard InChI is InChI=1S/C19H26N2O6/c1-4-5-16(22)14-7-6-13(20-14)12-15-17(26-10-8-24-2)18(19(23)21-15)27-11-9-25-3/h6-7,12,20H,4-5,8-11H2,1-3H3,(H,21,23). The lowest BCUT2D eigenvalue weighted by molar-refractivity contribution is -0.119. The van der Waals surface area contributed by atoms with Crippen LogP contribution in [-0.2, 0) is 23.7 Å². The highest BCUT2D eigenvalue weighted by molar-refractivity contribution is 5.99. The van der Waals surface area contributed by atoms with Gasteiger partial charge in [0.05, 0.1) is 24.6 Å². The van der Waals surface area contributed by atoms with E-state index in [2.05, 4.69) is 10.3 Å². The summed E-state index contributed by atoms with van der Waals surface area (Å²) in [6.45, 7) is 3.16. The minimum atomic E-state index is -0.390. The van der Waals surface area contributed by atoms with Crippen LogP contribution < -0.4 is 5.32 Å². The predicted molar refractivity (Wildman–Crippen MR) is 98.8 cm³/mol. The van der Waals surface area contributed by atoms with Crippen LogP contribution >= 0.6 is 0 Å². The Morgan fingerprint density at radius 2 is 1.70 bits per heavy atom. The van der Waals surface area contributed by atoms with E-state index in [1.54, 1.807) is 32.4 Å². The third-order valence-electron chi connectivity index (χ3n) is 3.76. The van der Waals surface area contributed by atoms with Gasteiger partial charge in [0.25, 0.3) is 5.91 Å². The molecule has 2 heterocycles. The number of ether oxygens (including phenoxy) is 4. The normalized spacial score (nSPS) is 15.4. The van der Waals surface area contributed by atoms with Gasteiger partial charge in [-0.2, -0.15) is 0 Å². The molecule has 8 heteroatoms. The molecule has 0 radical (unpaired) electrons. The molecular formula is C19H26N2O6. The van der Waals surface area contributed by atoms with Crippen molar-refractivity contribution in [2.45, 2.75) is 19.8 Å². The van der Waals surface area contributed by atoms with Gasteiger partial charge in [-0.3, -0.25) is 9.59 Å². The third kappa shape index (κ3) is 5.70. The number of hydrogen-bond donors (Lipinski definition) is 2. The maximum atomic E-state index is 12.3. The first kappa shape index (κ1) is 20.7. The van der Waals surface area contributed by atoms with Crippen LogP contribution in [0.25, 0.3) is 6.08 Å². The average Bonchev–Trinajstić information content (AvgIpc) is 3.22. The SMILES string of the molecule is CCCC(=O)c1ccc(C=C2NC(=O)C(OCCOC)=C2OCCOC)[nH]1. The van der Waals surface area contributed by atoms with Crippen LogP contribution in [0.4, 0.5) is 0 Å². The van der Waals surface area contributed by atoms with E-state index in [0.717, 1.165) is 6.42 Å². The number of ketones is 1. The second-order valence-corrected chi connectivity index (χ2v) is 5.85. The lowest BCUT2D eigenvalue weighted by Crippen LogP contribution is -2.18. The monoisotopic (exact) mass is 378 g/mol. The van der Waals surface area contributed by atoms with Gasteiger partial charge in [0.1, 0.15) is 13.2 Å². The molecule has 0 aliphatic carbocycles. The Kier molecular flexibility index (Phi) is 8.09. The summed E-state index contributed by atoms with van der Waals surface area (Å²) < 4.78 is 21.1. The summed E-state index contributed by atoms with van der Waals surface area (Å²) in [6.07, 6.45) is 2.97. The summed E-state index contributed by atoms with van der Waals surface area (Å²) in [5, 5.41) is 2.73. The van der Waals surface area contributed by atoms with E-state index < -0.39 is 5.91 Å². The zero-order chi connectivity index (χ0) is 19.6. The van der Waals surface area contributed by atoms with Gasteiger partial charge in [-0.1, -0.05) is 6.92 Å². The highest BCUT2D eigenvalue weighted by Gasteiger charge is 2.31. The van der Waals surface area contributed by atoms with E-state index in [1.165, 1.54) is 0 Å². The topological polar surface area (TPSA) is 98.9 Å². The highest BCUT2D eigenvalue weighted by atomic mass is 16.6.